The van der Waals surface area contributed by atoms with Crippen LogP contribution in [0.2, 0.25) is 0 Å². The number of nitrogens with one attached hydrogen (secondary N) is 1. The molecule has 0 bridgehead atoms. The number of likely N-dealkylation sites (N-methyl/N-ethyl adjacent to an activating group) is 2. The van der Waals surface area contributed by atoms with Crippen LogP contribution in [0.3, 0.4) is 0 Å². The molecule has 0 saturated carbocycles. The summed E-state index contributed by atoms with van der Waals surface area (Å²) in [5.41, 5.74) is 0. The monoisotopic (exact) mass is 229 g/mol. The molecule has 4 heteroatoms. The van der Waals surface area contributed by atoms with Crippen LogP contribution in [0.25, 0.3) is 0 Å². The first-order valence-electron chi connectivity index (χ1n) is 6.33. The van der Waals surface area contributed by atoms with Gasteiger partial charge in [-0.3, -0.25) is 0 Å². The summed E-state index contributed by atoms with van der Waals surface area (Å²) < 4.78 is 5.07. The largest absolute Gasteiger partial charge is 0.383 e. The third-order valence-corrected chi connectivity index (χ3v) is 3.39. The Labute approximate surface area is 99.9 Å². The summed E-state index contributed by atoms with van der Waals surface area (Å²) in [5.74, 6) is 0. The lowest BCUT2D eigenvalue weighted by molar-refractivity contribution is 0.139. The summed E-state index contributed by atoms with van der Waals surface area (Å²) in [6.07, 6.45) is 2.65. The number of methoxy groups -OCH3 is 1. The lowest BCUT2D eigenvalue weighted by Gasteiger charge is -2.33. The third kappa shape index (κ3) is 5.25. The number of rotatable bonds is 7. The summed E-state index contributed by atoms with van der Waals surface area (Å²) >= 11 is 0. The zero-order valence-electron chi connectivity index (χ0n) is 11.0. The van der Waals surface area contributed by atoms with Gasteiger partial charge in [-0.1, -0.05) is 0 Å². The normalized spacial score (nSPS) is 22.9. The summed E-state index contributed by atoms with van der Waals surface area (Å²) in [5, 5.41) is 3.38. The van der Waals surface area contributed by atoms with Crippen molar-refractivity contribution in [2.75, 3.05) is 60.5 Å². The van der Waals surface area contributed by atoms with Gasteiger partial charge < -0.3 is 19.9 Å². The summed E-state index contributed by atoms with van der Waals surface area (Å²) in [6.45, 7) is 6.64. The zero-order chi connectivity index (χ0) is 11.8. The van der Waals surface area contributed by atoms with E-state index in [4.69, 9.17) is 4.74 Å². The number of ether oxygens (including phenoxy) is 1. The molecule has 1 aliphatic rings. The molecule has 0 aliphatic carbocycles. The van der Waals surface area contributed by atoms with Gasteiger partial charge in [-0.2, -0.15) is 0 Å². The van der Waals surface area contributed by atoms with Gasteiger partial charge in [-0.25, -0.2) is 0 Å². The van der Waals surface area contributed by atoms with Crippen molar-refractivity contribution in [1.82, 2.24) is 15.1 Å². The van der Waals surface area contributed by atoms with Crippen molar-refractivity contribution in [1.29, 1.82) is 0 Å². The second-order valence-electron chi connectivity index (χ2n) is 4.72. The van der Waals surface area contributed by atoms with Crippen LogP contribution in [0.15, 0.2) is 0 Å². The van der Waals surface area contributed by atoms with Crippen molar-refractivity contribution in [3.05, 3.63) is 0 Å². The van der Waals surface area contributed by atoms with Crippen LogP contribution in [-0.4, -0.2) is 76.4 Å². The van der Waals surface area contributed by atoms with E-state index in [9.17, 15) is 0 Å². The molecule has 1 rings (SSSR count). The zero-order valence-corrected chi connectivity index (χ0v) is 11.0. The van der Waals surface area contributed by atoms with E-state index < -0.39 is 0 Å². The molecular weight excluding hydrogens is 202 g/mol. The molecule has 1 fully saturated rings. The van der Waals surface area contributed by atoms with Crippen LogP contribution in [0.1, 0.15) is 12.8 Å². The molecule has 1 N–H and O–H groups in total. The van der Waals surface area contributed by atoms with E-state index in [1.54, 1.807) is 7.11 Å². The molecule has 4 nitrogen and oxygen atoms in total. The summed E-state index contributed by atoms with van der Waals surface area (Å²) in [6, 6.07) is 0.693. The molecule has 1 unspecified atom stereocenters. The Morgan fingerprint density at radius 3 is 2.94 bits per heavy atom. The molecule has 1 heterocycles. The van der Waals surface area contributed by atoms with Gasteiger partial charge in [-0.15, -0.1) is 0 Å². The molecule has 0 aromatic heterocycles. The average Bonchev–Trinajstić information content (AvgIpc) is 2.34. The van der Waals surface area contributed by atoms with Crippen LogP contribution >= 0.6 is 0 Å². The third-order valence-electron chi connectivity index (χ3n) is 3.39. The molecular formula is C12H27N3O. The molecule has 0 aromatic carbocycles. The van der Waals surface area contributed by atoms with E-state index in [1.807, 2.05) is 0 Å². The molecule has 1 atom stereocenters. The van der Waals surface area contributed by atoms with Gasteiger partial charge in [0.2, 0.25) is 0 Å². The second kappa shape index (κ2) is 8.01. The van der Waals surface area contributed by atoms with Crippen LogP contribution in [0.4, 0.5) is 0 Å². The number of nitrogens with zero attached hydrogens (tertiary/aromatic N) is 2. The van der Waals surface area contributed by atoms with Crippen molar-refractivity contribution in [3.63, 3.8) is 0 Å². The quantitative estimate of drug-likeness (QED) is 0.677. The minimum Gasteiger partial charge on any atom is -0.383 e. The van der Waals surface area contributed by atoms with Crippen LogP contribution in [0.5, 0.6) is 0 Å². The number of hydrogen-bond donors (Lipinski definition) is 1. The molecule has 0 amide bonds. The van der Waals surface area contributed by atoms with Crippen molar-refractivity contribution in [3.8, 4) is 0 Å². The molecule has 16 heavy (non-hydrogen) atoms. The fourth-order valence-corrected chi connectivity index (χ4v) is 2.17. The van der Waals surface area contributed by atoms with Crippen LogP contribution in [-0.2, 0) is 4.74 Å². The highest BCUT2D eigenvalue weighted by atomic mass is 16.5. The van der Waals surface area contributed by atoms with E-state index in [-0.39, 0.29) is 0 Å². The highest BCUT2D eigenvalue weighted by Gasteiger charge is 2.17. The van der Waals surface area contributed by atoms with Crippen molar-refractivity contribution >= 4 is 0 Å². The SMILES string of the molecule is CNC1CCCN(CCN(C)CCOC)C1. The van der Waals surface area contributed by atoms with Gasteiger partial charge >= 0.3 is 0 Å². The first kappa shape index (κ1) is 13.9. The molecule has 1 aliphatic heterocycles. The molecule has 0 spiro atoms. The maximum Gasteiger partial charge on any atom is 0.0589 e. The maximum absolute atomic E-state index is 5.07. The Hall–Kier alpha value is -0.160. The van der Waals surface area contributed by atoms with E-state index in [2.05, 4.69) is 29.2 Å². The standard InChI is InChI=1S/C12H27N3O/c1-13-12-5-4-6-15(11-12)8-7-14(2)9-10-16-3/h12-13H,4-11H2,1-3H3. The summed E-state index contributed by atoms with van der Waals surface area (Å²) in [7, 11) is 5.99. The maximum atomic E-state index is 5.07. The molecule has 0 aromatic rings. The Kier molecular flexibility index (Phi) is 6.96. The topological polar surface area (TPSA) is 27.7 Å². The van der Waals surface area contributed by atoms with Crippen molar-refractivity contribution < 1.29 is 4.74 Å². The highest BCUT2D eigenvalue weighted by molar-refractivity contribution is 4.77. The Balaban J connectivity index is 2.11. The Bertz CT molecular complexity index is 178. The van der Waals surface area contributed by atoms with Crippen LogP contribution in [0, 0.1) is 0 Å². The fraction of sp³-hybridized carbons (Fsp3) is 1.00. The minimum atomic E-state index is 0.693. The van der Waals surface area contributed by atoms with E-state index in [0.29, 0.717) is 6.04 Å². The van der Waals surface area contributed by atoms with E-state index >= 15 is 0 Å². The highest BCUT2D eigenvalue weighted by Crippen LogP contribution is 2.09. The van der Waals surface area contributed by atoms with E-state index in [0.717, 1.165) is 19.7 Å². The smallest absolute Gasteiger partial charge is 0.0589 e. The number of hydrogen-bond acceptors (Lipinski definition) is 4. The minimum absolute atomic E-state index is 0.693. The lowest BCUT2D eigenvalue weighted by atomic mass is 10.1. The predicted molar refractivity (Wildman–Crippen MR) is 67.9 cm³/mol. The Morgan fingerprint density at radius 1 is 1.44 bits per heavy atom. The number of piperidine rings is 1. The first-order valence-corrected chi connectivity index (χ1v) is 6.33. The van der Waals surface area contributed by atoms with Crippen molar-refractivity contribution in [2.45, 2.75) is 18.9 Å². The van der Waals surface area contributed by atoms with Gasteiger partial charge in [-0.05, 0) is 33.5 Å². The van der Waals surface area contributed by atoms with Gasteiger partial charge in [0, 0.05) is 39.3 Å². The second-order valence-corrected chi connectivity index (χ2v) is 4.72. The van der Waals surface area contributed by atoms with Crippen molar-refractivity contribution in [2.24, 2.45) is 0 Å². The fourth-order valence-electron chi connectivity index (χ4n) is 2.17. The van der Waals surface area contributed by atoms with Gasteiger partial charge in [0.25, 0.3) is 0 Å². The van der Waals surface area contributed by atoms with Crippen LogP contribution < -0.4 is 5.32 Å². The number of likely N-dealkylation sites (tertiary alicyclic amines) is 1. The lowest BCUT2D eigenvalue weighted by Crippen LogP contribution is -2.46. The molecule has 96 valence electrons. The van der Waals surface area contributed by atoms with E-state index in [1.165, 1.54) is 32.5 Å². The molecule has 0 radical (unpaired) electrons. The molecule has 1 saturated heterocycles. The van der Waals surface area contributed by atoms with Gasteiger partial charge in [0.05, 0.1) is 6.61 Å². The summed E-state index contributed by atoms with van der Waals surface area (Å²) in [4.78, 5) is 4.90. The van der Waals surface area contributed by atoms with Gasteiger partial charge in [0.1, 0.15) is 0 Å². The predicted octanol–water partition coefficient (Wildman–Crippen LogP) is 0.248. The van der Waals surface area contributed by atoms with Gasteiger partial charge in [0.15, 0.2) is 0 Å². The average molecular weight is 229 g/mol. The Morgan fingerprint density at radius 2 is 2.25 bits per heavy atom. The first-order chi connectivity index (χ1) is 7.76.